The Morgan fingerprint density at radius 3 is 2.42 bits per heavy atom. The predicted molar refractivity (Wildman–Crippen MR) is 127 cm³/mol. The zero-order chi connectivity index (χ0) is 24.1. The smallest absolute Gasteiger partial charge is 0.295 e. The Morgan fingerprint density at radius 2 is 1.82 bits per heavy atom. The van der Waals surface area contributed by atoms with Crippen LogP contribution >= 0.6 is 0 Å². The Balaban J connectivity index is 2.05. The number of aryl methyl sites for hydroxylation is 1. The third-order valence-electron chi connectivity index (χ3n) is 5.66. The number of nitrogens with zero attached hydrogens (tertiary/aromatic N) is 2. The van der Waals surface area contributed by atoms with Crippen LogP contribution in [0.1, 0.15) is 42.5 Å². The van der Waals surface area contributed by atoms with Crippen LogP contribution in [0.5, 0.6) is 11.5 Å². The van der Waals surface area contributed by atoms with Gasteiger partial charge in [0.05, 0.1) is 18.2 Å². The van der Waals surface area contributed by atoms with Gasteiger partial charge in [-0.2, -0.15) is 0 Å². The molecule has 7 heteroatoms. The van der Waals surface area contributed by atoms with E-state index in [1.54, 1.807) is 30.3 Å². The number of phenolic OH excluding ortho intramolecular Hbond substituents is 1. The number of hydrogen-bond acceptors (Lipinski definition) is 6. The third-order valence-corrected chi connectivity index (χ3v) is 5.66. The molecule has 0 spiro atoms. The van der Waals surface area contributed by atoms with Crippen molar-refractivity contribution in [3.63, 3.8) is 0 Å². The fourth-order valence-corrected chi connectivity index (χ4v) is 4.00. The number of benzene rings is 2. The Kier molecular flexibility index (Phi) is 7.76. The maximum Gasteiger partial charge on any atom is 0.295 e. The molecule has 0 aromatic heterocycles. The van der Waals surface area contributed by atoms with Gasteiger partial charge < -0.3 is 24.7 Å². The Bertz CT molecular complexity index is 1040. The summed E-state index contributed by atoms with van der Waals surface area (Å²) < 4.78 is 5.71. The van der Waals surface area contributed by atoms with E-state index in [1.807, 2.05) is 32.8 Å². The van der Waals surface area contributed by atoms with Crippen molar-refractivity contribution in [2.45, 2.75) is 32.7 Å². The summed E-state index contributed by atoms with van der Waals surface area (Å²) in [5.74, 6) is -0.756. The minimum Gasteiger partial charge on any atom is -0.508 e. The summed E-state index contributed by atoms with van der Waals surface area (Å²) in [6.45, 7) is 5.61. The SMILES string of the molecule is CCCOc1ccc(/C(O)=C2/C(=O)C(=O)N(CCCN(C)C)C2c2ccc(O)cc2)cc1C. The molecule has 1 aliphatic heterocycles. The summed E-state index contributed by atoms with van der Waals surface area (Å²) in [6, 6.07) is 10.9. The molecule has 7 nitrogen and oxygen atoms in total. The van der Waals surface area contributed by atoms with Crippen LogP contribution in [0.2, 0.25) is 0 Å². The van der Waals surface area contributed by atoms with E-state index in [9.17, 15) is 19.8 Å². The van der Waals surface area contributed by atoms with Gasteiger partial charge in [-0.1, -0.05) is 19.1 Å². The van der Waals surface area contributed by atoms with Crippen molar-refractivity contribution in [3.8, 4) is 11.5 Å². The first-order valence-corrected chi connectivity index (χ1v) is 11.2. The monoisotopic (exact) mass is 452 g/mol. The second-order valence-electron chi connectivity index (χ2n) is 8.57. The number of ether oxygens (including phenoxy) is 1. The molecule has 0 saturated carbocycles. The topological polar surface area (TPSA) is 90.3 Å². The molecule has 2 N–H and O–H groups in total. The lowest BCUT2D eigenvalue weighted by molar-refractivity contribution is -0.139. The average molecular weight is 453 g/mol. The minimum atomic E-state index is -0.732. The molecule has 1 heterocycles. The zero-order valence-corrected chi connectivity index (χ0v) is 19.7. The number of carbonyl (C=O) groups is 2. The van der Waals surface area contributed by atoms with Crippen LogP contribution < -0.4 is 4.74 Å². The molecule has 2 aromatic rings. The van der Waals surface area contributed by atoms with Gasteiger partial charge >= 0.3 is 0 Å². The number of ketones is 1. The quantitative estimate of drug-likeness (QED) is 0.341. The molecule has 1 aliphatic rings. The van der Waals surface area contributed by atoms with Crippen LogP contribution in [0, 0.1) is 6.92 Å². The molecule has 3 rings (SSSR count). The van der Waals surface area contributed by atoms with Gasteiger partial charge in [-0.25, -0.2) is 0 Å². The third kappa shape index (κ3) is 5.37. The highest BCUT2D eigenvalue weighted by Gasteiger charge is 2.45. The highest BCUT2D eigenvalue weighted by molar-refractivity contribution is 6.46. The first kappa shape index (κ1) is 24.3. The van der Waals surface area contributed by atoms with Crippen molar-refractivity contribution in [2.24, 2.45) is 0 Å². The number of phenols is 1. The lowest BCUT2D eigenvalue weighted by Crippen LogP contribution is -2.32. The Hall–Kier alpha value is -3.32. The molecular weight excluding hydrogens is 420 g/mol. The summed E-state index contributed by atoms with van der Waals surface area (Å²) in [6.07, 6.45) is 1.56. The maximum absolute atomic E-state index is 13.1. The minimum absolute atomic E-state index is 0.0529. The fraction of sp³-hybridized carbons (Fsp3) is 0.385. The van der Waals surface area contributed by atoms with Crippen LogP contribution in [0.4, 0.5) is 0 Å². The molecule has 0 bridgehead atoms. The van der Waals surface area contributed by atoms with Crippen molar-refractivity contribution < 1.29 is 24.5 Å². The molecule has 0 aliphatic carbocycles. The van der Waals surface area contributed by atoms with Gasteiger partial charge in [0.25, 0.3) is 11.7 Å². The zero-order valence-electron chi connectivity index (χ0n) is 19.7. The average Bonchev–Trinajstić information content (AvgIpc) is 3.03. The first-order chi connectivity index (χ1) is 15.7. The van der Waals surface area contributed by atoms with Gasteiger partial charge in [-0.3, -0.25) is 9.59 Å². The Morgan fingerprint density at radius 1 is 1.12 bits per heavy atom. The summed E-state index contributed by atoms with van der Waals surface area (Å²) in [7, 11) is 3.89. The summed E-state index contributed by atoms with van der Waals surface area (Å²) in [4.78, 5) is 29.6. The molecule has 33 heavy (non-hydrogen) atoms. The van der Waals surface area contributed by atoms with E-state index in [2.05, 4.69) is 0 Å². The number of aromatic hydroxyl groups is 1. The molecule has 0 radical (unpaired) electrons. The highest BCUT2D eigenvalue weighted by atomic mass is 16.5. The second-order valence-corrected chi connectivity index (χ2v) is 8.57. The van der Waals surface area contributed by atoms with Crippen LogP contribution in [-0.4, -0.2) is 65.5 Å². The number of carbonyl (C=O) groups excluding carboxylic acids is 2. The first-order valence-electron chi connectivity index (χ1n) is 11.2. The van der Waals surface area contributed by atoms with E-state index in [-0.39, 0.29) is 17.1 Å². The van der Waals surface area contributed by atoms with Gasteiger partial charge in [0.1, 0.15) is 17.3 Å². The Labute approximate surface area is 194 Å². The molecule has 1 atom stereocenters. The van der Waals surface area contributed by atoms with E-state index in [0.717, 1.165) is 18.5 Å². The van der Waals surface area contributed by atoms with Gasteiger partial charge in [-0.15, -0.1) is 0 Å². The van der Waals surface area contributed by atoms with E-state index < -0.39 is 17.7 Å². The fourth-order valence-electron chi connectivity index (χ4n) is 4.00. The van der Waals surface area contributed by atoms with Crippen molar-refractivity contribution in [1.29, 1.82) is 0 Å². The molecular formula is C26H32N2O5. The van der Waals surface area contributed by atoms with Gasteiger partial charge in [-0.05, 0) is 81.9 Å². The van der Waals surface area contributed by atoms with Crippen molar-refractivity contribution in [2.75, 3.05) is 33.8 Å². The summed E-state index contributed by atoms with van der Waals surface area (Å²) in [5.41, 5.74) is 1.98. The lowest BCUT2D eigenvalue weighted by atomic mass is 9.94. The number of likely N-dealkylation sites (tertiary alicyclic amines) is 1. The van der Waals surface area contributed by atoms with Crippen LogP contribution in [0.25, 0.3) is 5.76 Å². The van der Waals surface area contributed by atoms with Crippen molar-refractivity contribution >= 4 is 17.4 Å². The van der Waals surface area contributed by atoms with Gasteiger partial charge in [0, 0.05) is 12.1 Å². The number of amides is 1. The predicted octanol–water partition coefficient (Wildman–Crippen LogP) is 3.86. The van der Waals surface area contributed by atoms with Crippen molar-refractivity contribution in [1.82, 2.24) is 9.80 Å². The van der Waals surface area contributed by atoms with E-state index in [1.165, 1.54) is 17.0 Å². The number of rotatable bonds is 9. The standard InChI is InChI=1S/C26H32N2O5/c1-5-15-33-21-12-9-19(16-17(21)2)24(30)22-23(18-7-10-20(29)11-8-18)28(26(32)25(22)31)14-6-13-27(3)4/h7-12,16,23,29-30H,5-6,13-15H2,1-4H3/b24-22-. The lowest BCUT2D eigenvalue weighted by Gasteiger charge is -2.26. The second kappa shape index (κ2) is 10.5. The summed E-state index contributed by atoms with van der Waals surface area (Å²) in [5, 5.41) is 20.9. The normalized spacial score (nSPS) is 17.7. The molecule has 2 aromatic carbocycles. The molecule has 1 amide bonds. The maximum atomic E-state index is 13.1. The molecule has 1 unspecified atom stereocenters. The van der Waals surface area contributed by atoms with Crippen LogP contribution in [0.15, 0.2) is 48.0 Å². The van der Waals surface area contributed by atoms with Gasteiger partial charge in [0.15, 0.2) is 0 Å². The highest BCUT2D eigenvalue weighted by Crippen LogP contribution is 2.40. The van der Waals surface area contributed by atoms with E-state index in [4.69, 9.17) is 4.74 Å². The largest absolute Gasteiger partial charge is 0.508 e. The van der Waals surface area contributed by atoms with Crippen molar-refractivity contribution in [3.05, 3.63) is 64.7 Å². The number of hydrogen-bond donors (Lipinski definition) is 2. The number of aliphatic hydroxyl groups excluding tert-OH is 1. The number of aliphatic hydroxyl groups is 1. The number of Topliss-reactive ketones (excluding diaryl/α,β-unsaturated/α-hetero) is 1. The van der Waals surface area contributed by atoms with Gasteiger partial charge in [0.2, 0.25) is 0 Å². The van der Waals surface area contributed by atoms with Crippen LogP contribution in [-0.2, 0) is 9.59 Å². The van der Waals surface area contributed by atoms with E-state index in [0.29, 0.717) is 36.4 Å². The molecule has 176 valence electrons. The van der Waals surface area contributed by atoms with E-state index >= 15 is 0 Å². The van der Waals surface area contributed by atoms with Crippen LogP contribution in [0.3, 0.4) is 0 Å². The molecule has 1 saturated heterocycles. The molecule has 1 fully saturated rings. The summed E-state index contributed by atoms with van der Waals surface area (Å²) >= 11 is 0.